The van der Waals surface area contributed by atoms with Crippen LogP contribution in [0.3, 0.4) is 0 Å². The van der Waals surface area contributed by atoms with Gasteiger partial charge in [0.2, 0.25) is 10.0 Å². The zero-order valence-electron chi connectivity index (χ0n) is 15.4. The van der Waals surface area contributed by atoms with E-state index in [0.717, 1.165) is 12.1 Å². The summed E-state index contributed by atoms with van der Waals surface area (Å²) >= 11 is 0. The number of hydrogen-bond donors (Lipinski definition) is 2. The Morgan fingerprint density at radius 3 is 2.48 bits per heavy atom. The summed E-state index contributed by atoms with van der Waals surface area (Å²) in [4.78, 5) is 14.3. The maximum absolute atomic E-state index is 12.9. The van der Waals surface area contributed by atoms with Crippen molar-refractivity contribution in [3.8, 4) is 0 Å². The molecule has 0 atom stereocenters. The fourth-order valence-corrected chi connectivity index (χ4v) is 3.50. The lowest BCUT2D eigenvalue weighted by Gasteiger charge is -2.11. The van der Waals surface area contributed by atoms with Gasteiger partial charge in [0.1, 0.15) is 5.82 Å². The molecule has 1 amide bonds. The third-order valence-corrected chi connectivity index (χ3v) is 5.31. The van der Waals surface area contributed by atoms with Crippen LogP contribution in [0.15, 0.2) is 53.4 Å². The lowest BCUT2D eigenvalue weighted by molar-refractivity contribution is 0.0950. The van der Waals surface area contributed by atoms with E-state index in [9.17, 15) is 17.6 Å². The number of carbonyl (C=O) groups excluding carboxylic acids is 1. The van der Waals surface area contributed by atoms with E-state index in [1.807, 2.05) is 19.0 Å². The summed E-state index contributed by atoms with van der Waals surface area (Å²) in [6.07, 6.45) is 0.685. The maximum atomic E-state index is 12.9. The predicted molar refractivity (Wildman–Crippen MR) is 102 cm³/mol. The van der Waals surface area contributed by atoms with Gasteiger partial charge >= 0.3 is 0 Å². The normalized spacial score (nSPS) is 11.6. The van der Waals surface area contributed by atoms with Crippen LogP contribution in [0, 0.1) is 5.82 Å². The molecule has 0 heterocycles. The molecule has 0 radical (unpaired) electrons. The van der Waals surface area contributed by atoms with Gasteiger partial charge < -0.3 is 10.2 Å². The molecule has 0 aromatic heterocycles. The van der Waals surface area contributed by atoms with Gasteiger partial charge in [-0.05, 0) is 63.0 Å². The fourth-order valence-electron chi connectivity index (χ4n) is 2.38. The molecule has 2 aromatic rings. The lowest BCUT2D eigenvalue weighted by Crippen LogP contribution is -2.28. The monoisotopic (exact) mass is 393 g/mol. The molecule has 0 fully saturated rings. The summed E-state index contributed by atoms with van der Waals surface area (Å²) in [5.41, 5.74) is 0.990. The number of benzene rings is 2. The van der Waals surface area contributed by atoms with Crippen LogP contribution in [-0.2, 0) is 16.6 Å². The molecule has 0 unspecified atom stereocenters. The summed E-state index contributed by atoms with van der Waals surface area (Å²) < 4.78 is 40.2. The molecule has 2 N–H and O–H groups in total. The first-order valence-corrected chi connectivity index (χ1v) is 10.0. The van der Waals surface area contributed by atoms with Crippen LogP contribution in [0.5, 0.6) is 0 Å². The molecule has 6 nitrogen and oxygen atoms in total. The van der Waals surface area contributed by atoms with Gasteiger partial charge in [0, 0.05) is 18.7 Å². The number of amides is 1. The zero-order valence-corrected chi connectivity index (χ0v) is 16.2. The van der Waals surface area contributed by atoms with Crippen molar-refractivity contribution in [2.24, 2.45) is 0 Å². The van der Waals surface area contributed by atoms with Crippen molar-refractivity contribution in [3.05, 3.63) is 65.5 Å². The highest BCUT2D eigenvalue weighted by Crippen LogP contribution is 2.12. The Morgan fingerprint density at radius 2 is 1.81 bits per heavy atom. The minimum atomic E-state index is -3.68. The van der Waals surface area contributed by atoms with E-state index in [1.165, 1.54) is 30.3 Å². The van der Waals surface area contributed by atoms with Crippen molar-refractivity contribution >= 4 is 15.9 Å². The molecule has 146 valence electrons. The Hall–Kier alpha value is -2.29. The number of nitrogens with zero attached hydrogens (tertiary/aromatic N) is 1. The summed E-state index contributed by atoms with van der Waals surface area (Å²) in [6.45, 7) is 1.31. The van der Waals surface area contributed by atoms with Crippen LogP contribution < -0.4 is 10.0 Å². The van der Waals surface area contributed by atoms with E-state index in [-0.39, 0.29) is 22.8 Å². The fraction of sp³-hybridized carbons (Fsp3) is 0.316. The van der Waals surface area contributed by atoms with Crippen molar-refractivity contribution in [2.75, 3.05) is 27.2 Å². The Kier molecular flexibility index (Phi) is 7.46. The first-order chi connectivity index (χ1) is 12.8. The molecule has 0 aliphatic heterocycles. The van der Waals surface area contributed by atoms with Gasteiger partial charge in [-0.1, -0.05) is 18.2 Å². The van der Waals surface area contributed by atoms with Crippen LogP contribution in [0.2, 0.25) is 0 Å². The van der Waals surface area contributed by atoms with E-state index >= 15 is 0 Å². The molecule has 0 aliphatic carbocycles. The van der Waals surface area contributed by atoms with Crippen LogP contribution in [0.25, 0.3) is 0 Å². The summed E-state index contributed by atoms with van der Waals surface area (Å²) in [5, 5.41) is 2.70. The van der Waals surface area contributed by atoms with Crippen LogP contribution in [0.1, 0.15) is 22.3 Å². The number of halogens is 1. The minimum Gasteiger partial charge on any atom is -0.348 e. The molecule has 27 heavy (non-hydrogen) atoms. The second-order valence-electron chi connectivity index (χ2n) is 6.39. The van der Waals surface area contributed by atoms with Gasteiger partial charge in [0.25, 0.3) is 5.91 Å². The quantitative estimate of drug-likeness (QED) is 0.639. The van der Waals surface area contributed by atoms with Gasteiger partial charge in [0.05, 0.1) is 4.90 Å². The van der Waals surface area contributed by atoms with Crippen molar-refractivity contribution in [2.45, 2.75) is 17.9 Å². The Bertz CT molecular complexity index is 868. The average molecular weight is 393 g/mol. The third kappa shape index (κ3) is 6.74. The SMILES string of the molecule is CN(C)CCCNS(=O)(=O)c1cccc(C(=O)NCc2ccc(F)cc2)c1. The van der Waals surface area contributed by atoms with Gasteiger partial charge in [-0.3, -0.25) is 4.79 Å². The molecular formula is C19H24FN3O3S. The highest BCUT2D eigenvalue weighted by Gasteiger charge is 2.15. The largest absolute Gasteiger partial charge is 0.348 e. The van der Waals surface area contributed by atoms with Crippen molar-refractivity contribution < 1.29 is 17.6 Å². The van der Waals surface area contributed by atoms with E-state index in [2.05, 4.69) is 10.0 Å². The molecule has 8 heteroatoms. The molecule has 0 saturated heterocycles. The predicted octanol–water partition coefficient (Wildman–Crippen LogP) is 1.99. The highest BCUT2D eigenvalue weighted by atomic mass is 32.2. The molecule has 0 saturated carbocycles. The Labute approximate surface area is 159 Å². The standard InChI is InChI=1S/C19H24FN3O3S/c1-23(2)12-4-11-22-27(25,26)18-6-3-5-16(13-18)19(24)21-14-15-7-9-17(20)10-8-15/h3,5-10,13,22H,4,11-12,14H2,1-2H3,(H,21,24). The molecule has 0 bridgehead atoms. The average Bonchev–Trinajstić information content (AvgIpc) is 2.64. The third-order valence-electron chi connectivity index (χ3n) is 3.85. The van der Waals surface area contributed by atoms with Crippen LogP contribution in [-0.4, -0.2) is 46.4 Å². The molecule has 0 aliphatic rings. The van der Waals surface area contributed by atoms with Gasteiger partial charge in [-0.25, -0.2) is 17.5 Å². The first-order valence-electron chi connectivity index (χ1n) is 8.55. The summed E-state index contributed by atoms with van der Waals surface area (Å²) in [7, 11) is 0.162. The number of hydrogen-bond acceptors (Lipinski definition) is 4. The van der Waals surface area contributed by atoms with Gasteiger partial charge in [-0.2, -0.15) is 0 Å². The smallest absolute Gasteiger partial charge is 0.251 e. The zero-order chi connectivity index (χ0) is 19.9. The first kappa shape index (κ1) is 21.0. The number of rotatable bonds is 9. The lowest BCUT2D eigenvalue weighted by atomic mass is 10.2. The van der Waals surface area contributed by atoms with Crippen molar-refractivity contribution in [1.82, 2.24) is 14.9 Å². The molecule has 2 aromatic carbocycles. The van der Waals surface area contributed by atoms with E-state index in [1.54, 1.807) is 18.2 Å². The molecular weight excluding hydrogens is 369 g/mol. The van der Waals surface area contributed by atoms with Crippen molar-refractivity contribution in [3.63, 3.8) is 0 Å². The van der Waals surface area contributed by atoms with Gasteiger partial charge in [-0.15, -0.1) is 0 Å². The maximum Gasteiger partial charge on any atom is 0.251 e. The summed E-state index contributed by atoms with van der Waals surface area (Å²) in [6, 6.07) is 11.7. The number of carbonyl (C=O) groups is 1. The topological polar surface area (TPSA) is 78.5 Å². The van der Waals surface area contributed by atoms with E-state index in [4.69, 9.17) is 0 Å². The van der Waals surface area contributed by atoms with Crippen LogP contribution in [0.4, 0.5) is 4.39 Å². The van der Waals surface area contributed by atoms with Crippen molar-refractivity contribution in [1.29, 1.82) is 0 Å². The molecule has 2 rings (SSSR count). The summed E-state index contributed by atoms with van der Waals surface area (Å²) in [5.74, 6) is -0.745. The second kappa shape index (κ2) is 9.59. The second-order valence-corrected chi connectivity index (χ2v) is 8.16. The molecule has 0 spiro atoms. The Balaban J connectivity index is 1.98. The van der Waals surface area contributed by atoms with E-state index in [0.29, 0.717) is 13.0 Å². The van der Waals surface area contributed by atoms with Gasteiger partial charge in [0.15, 0.2) is 0 Å². The van der Waals surface area contributed by atoms with E-state index < -0.39 is 15.9 Å². The Morgan fingerprint density at radius 1 is 1.11 bits per heavy atom. The number of nitrogens with one attached hydrogen (secondary N) is 2. The highest BCUT2D eigenvalue weighted by molar-refractivity contribution is 7.89. The van der Waals surface area contributed by atoms with Crippen LogP contribution >= 0.6 is 0 Å². The number of sulfonamides is 1. The minimum absolute atomic E-state index is 0.0433.